The number of piperazine rings is 1. The molecule has 0 unspecified atom stereocenters. The molecule has 0 atom stereocenters. The molecule has 2 fully saturated rings. The largest absolute Gasteiger partial charge is 0.492 e. The maximum atomic E-state index is 13.3. The second-order valence-electron chi connectivity index (χ2n) is 8.13. The van der Waals surface area contributed by atoms with Crippen molar-refractivity contribution in [3.8, 4) is 5.75 Å². The molecule has 8 heteroatoms. The van der Waals surface area contributed by atoms with Gasteiger partial charge >= 0.3 is 6.18 Å². The van der Waals surface area contributed by atoms with E-state index in [0.717, 1.165) is 57.4 Å². The molecule has 0 amide bonds. The molecule has 2 aromatic rings. The minimum Gasteiger partial charge on any atom is -0.492 e. The van der Waals surface area contributed by atoms with Crippen molar-refractivity contribution in [3.63, 3.8) is 0 Å². The lowest BCUT2D eigenvalue weighted by molar-refractivity contribution is -0.137. The zero-order valence-electron chi connectivity index (χ0n) is 17.6. The van der Waals surface area contributed by atoms with Crippen molar-refractivity contribution < 1.29 is 17.9 Å². The summed E-state index contributed by atoms with van der Waals surface area (Å²) in [6.07, 6.45) is -0.766. The van der Waals surface area contributed by atoms with Crippen molar-refractivity contribution in [3.05, 3.63) is 54.2 Å². The van der Waals surface area contributed by atoms with Gasteiger partial charge in [0.1, 0.15) is 18.2 Å². The number of piperidine rings is 1. The van der Waals surface area contributed by atoms with Crippen molar-refractivity contribution in [2.45, 2.75) is 25.1 Å². The van der Waals surface area contributed by atoms with E-state index in [1.165, 1.54) is 12.3 Å². The molecule has 5 nitrogen and oxygen atoms in total. The van der Waals surface area contributed by atoms with Crippen LogP contribution in [-0.2, 0) is 6.18 Å². The molecule has 4 rings (SSSR count). The van der Waals surface area contributed by atoms with Crippen molar-refractivity contribution in [1.29, 1.82) is 0 Å². The summed E-state index contributed by atoms with van der Waals surface area (Å²) < 4.78 is 45.7. The predicted octanol–water partition coefficient (Wildman–Crippen LogP) is 3.77. The molecular formula is C23H29F3N4O. The van der Waals surface area contributed by atoms with Gasteiger partial charge in [0.05, 0.1) is 5.56 Å². The molecule has 3 heterocycles. The average Bonchev–Trinajstić information content (AvgIpc) is 2.80. The van der Waals surface area contributed by atoms with E-state index in [0.29, 0.717) is 25.7 Å². The van der Waals surface area contributed by atoms with Gasteiger partial charge in [-0.15, -0.1) is 0 Å². The smallest absolute Gasteiger partial charge is 0.419 e. The van der Waals surface area contributed by atoms with Crippen LogP contribution in [0.15, 0.2) is 48.7 Å². The topological polar surface area (TPSA) is 31.8 Å². The van der Waals surface area contributed by atoms with Gasteiger partial charge in [0.25, 0.3) is 0 Å². The fourth-order valence-corrected chi connectivity index (χ4v) is 4.49. The molecule has 0 N–H and O–H groups in total. The van der Waals surface area contributed by atoms with E-state index < -0.39 is 11.7 Å². The van der Waals surface area contributed by atoms with E-state index in [1.807, 2.05) is 30.3 Å². The Morgan fingerprint density at radius 3 is 2.29 bits per heavy atom. The molecule has 1 aromatic carbocycles. The molecule has 168 valence electrons. The van der Waals surface area contributed by atoms with Gasteiger partial charge in [-0.1, -0.05) is 18.2 Å². The first-order chi connectivity index (χ1) is 15.0. The molecule has 0 bridgehead atoms. The summed E-state index contributed by atoms with van der Waals surface area (Å²) in [7, 11) is 0. The van der Waals surface area contributed by atoms with Crippen LogP contribution in [0, 0.1) is 0 Å². The van der Waals surface area contributed by atoms with Crippen LogP contribution in [0.5, 0.6) is 5.75 Å². The Hall–Kier alpha value is -2.32. The molecular weight excluding hydrogens is 405 g/mol. The summed E-state index contributed by atoms with van der Waals surface area (Å²) in [4.78, 5) is 10.7. The summed E-state index contributed by atoms with van der Waals surface area (Å²) >= 11 is 0. The van der Waals surface area contributed by atoms with Gasteiger partial charge in [-0.2, -0.15) is 13.2 Å². The van der Waals surface area contributed by atoms with Crippen molar-refractivity contribution in [2.24, 2.45) is 0 Å². The lowest BCUT2D eigenvalue weighted by Gasteiger charge is -2.43. The zero-order valence-corrected chi connectivity index (χ0v) is 17.6. The second-order valence-corrected chi connectivity index (χ2v) is 8.13. The van der Waals surface area contributed by atoms with Crippen LogP contribution in [0.3, 0.4) is 0 Å². The standard InChI is InChI=1S/C23H29F3N4O/c24-23(25,26)21-7-4-10-27-22(21)30-15-13-29(14-16-30)19-8-11-28(12-9-19)17-18-31-20-5-2-1-3-6-20/h1-7,10,19H,8-9,11-18H2. The molecule has 1 aromatic heterocycles. The number of nitrogens with zero attached hydrogens (tertiary/aromatic N) is 4. The summed E-state index contributed by atoms with van der Waals surface area (Å²) in [5, 5.41) is 0. The van der Waals surface area contributed by atoms with Gasteiger partial charge in [0.2, 0.25) is 0 Å². The van der Waals surface area contributed by atoms with Crippen LogP contribution in [-0.4, -0.2) is 73.2 Å². The quantitative estimate of drug-likeness (QED) is 0.691. The third-order valence-electron chi connectivity index (χ3n) is 6.20. The number of alkyl halides is 3. The van der Waals surface area contributed by atoms with E-state index >= 15 is 0 Å². The number of rotatable bonds is 6. The number of halogens is 3. The van der Waals surface area contributed by atoms with Gasteiger partial charge in [-0.25, -0.2) is 4.98 Å². The lowest BCUT2D eigenvalue weighted by Crippen LogP contribution is -2.53. The van der Waals surface area contributed by atoms with Gasteiger partial charge in [0.15, 0.2) is 0 Å². The Morgan fingerprint density at radius 1 is 0.903 bits per heavy atom. The van der Waals surface area contributed by atoms with Crippen LogP contribution in [0.4, 0.5) is 19.0 Å². The fraction of sp³-hybridized carbons (Fsp3) is 0.522. The molecule has 0 aliphatic carbocycles. The summed E-state index contributed by atoms with van der Waals surface area (Å²) in [5.41, 5.74) is -0.644. The molecule has 2 saturated heterocycles. The van der Waals surface area contributed by atoms with Gasteiger partial charge in [0, 0.05) is 45.0 Å². The van der Waals surface area contributed by atoms with E-state index in [1.54, 1.807) is 4.90 Å². The van der Waals surface area contributed by atoms with E-state index in [2.05, 4.69) is 14.8 Å². The van der Waals surface area contributed by atoms with Gasteiger partial charge < -0.3 is 9.64 Å². The Morgan fingerprint density at radius 2 is 1.61 bits per heavy atom. The number of para-hydroxylation sites is 1. The van der Waals surface area contributed by atoms with Crippen LogP contribution >= 0.6 is 0 Å². The van der Waals surface area contributed by atoms with Crippen LogP contribution < -0.4 is 9.64 Å². The lowest BCUT2D eigenvalue weighted by atomic mass is 10.0. The maximum absolute atomic E-state index is 13.3. The predicted molar refractivity (Wildman–Crippen MR) is 114 cm³/mol. The first kappa shape index (κ1) is 21.9. The molecule has 0 saturated carbocycles. The first-order valence-corrected chi connectivity index (χ1v) is 10.9. The number of benzene rings is 1. The third kappa shape index (κ3) is 5.68. The van der Waals surface area contributed by atoms with Crippen LogP contribution in [0.1, 0.15) is 18.4 Å². The van der Waals surface area contributed by atoms with E-state index in [4.69, 9.17) is 4.74 Å². The summed E-state index contributed by atoms with van der Waals surface area (Å²) in [5.74, 6) is 0.958. The molecule has 2 aliphatic rings. The highest BCUT2D eigenvalue weighted by Gasteiger charge is 2.36. The highest BCUT2D eigenvalue weighted by Crippen LogP contribution is 2.35. The van der Waals surface area contributed by atoms with Gasteiger partial charge in [-0.3, -0.25) is 9.80 Å². The summed E-state index contributed by atoms with van der Waals surface area (Å²) in [6.45, 7) is 6.35. The Kier molecular flexibility index (Phi) is 6.97. The number of hydrogen-bond donors (Lipinski definition) is 0. The van der Waals surface area contributed by atoms with Crippen molar-refractivity contribution in [2.75, 3.05) is 57.3 Å². The zero-order chi connectivity index (χ0) is 21.7. The first-order valence-electron chi connectivity index (χ1n) is 10.9. The molecule has 0 radical (unpaired) electrons. The normalized spacial score (nSPS) is 19.5. The molecule has 31 heavy (non-hydrogen) atoms. The number of pyridine rings is 1. The number of hydrogen-bond acceptors (Lipinski definition) is 5. The number of ether oxygens (including phenoxy) is 1. The third-order valence-corrected chi connectivity index (χ3v) is 6.20. The molecule has 0 spiro atoms. The van der Waals surface area contributed by atoms with Crippen LogP contribution in [0.2, 0.25) is 0 Å². The van der Waals surface area contributed by atoms with Crippen molar-refractivity contribution in [1.82, 2.24) is 14.8 Å². The SMILES string of the molecule is FC(F)(F)c1cccnc1N1CCN(C2CCN(CCOc3ccccc3)CC2)CC1. The minimum absolute atomic E-state index is 0.0582. The average molecular weight is 435 g/mol. The van der Waals surface area contributed by atoms with Crippen LogP contribution in [0.25, 0.3) is 0 Å². The van der Waals surface area contributed by atoms with Gasteiger partial charge in [-0.05, 0) is 50.2 Å². The van der Waals surface area contributed by atoms with E-state index in [-0.39, 0.29) is 5.82 Å². The summed E-state index contributed by atoms with van der Waals surface area (Å²) in [6, 6.07) is 12.8. The van der Waals surface area contributed by atoms with Crippen molar-refractivity contribution >= 4 is 5.82 Å². The number of likely N-dealkylation sites (tertiary alicyclic amines) is 1. The monoisotopic (exact) mass is 434 g/mol. The molecule has 2 aliphatic heterocycles. The minimum atomic E-state index is -4.38. The fourth-order valence-electron chi connectivity index (χ4n) is 4.49. The highest BCUT2D eigenvalue weighted by molar-refractivity contribution is 5.48. The maximum Gasteiger partial charge on any atom is 0.419 e. The van der Waals surface area contributed by atoms with E-state index in [9.17, 15) is 13.2 Å². The number of aromatic nitrogens is 1. The highest BCUT2D eigenvalue weighted by atomic mass is 19.4. The Balaban J connectivity index is 1.21. The Labute approximate surface area is 181 Å². The second kappa shape index (κ2) is 9.87. The number of anilines is 1. The Bertz CT molecular complexity index is 817.